The van der Waals surface area contributed by atoms with Gasteiger partial charge in [0.15, 0.2) is 5.82 Å². The molecular formula is C20H18ClFN4O2. The molecule has 0 aliphatic rings. The summed E-state index contributed by atoms with van der Waals surface area (Å²) in [7, 11) is 0. The van der Waals surface area contributed by atoms with Crippen LogP contribution in [0.15, 0.2) is 53.3 Å². The second-order valence-corrected chi connectivity index (χ2v) is 6.57. The molecule has 1 heterocycles. The van der Waals surface area contributed by atoms with Gasteiger partial charge in [0.25, 0.3) is 5.56 Å². The minimum Gasteiger partial charge on any atom is -0.356 e. The van der Waals surface area contributed by atoms with Crippen molar-refractivity contribution in [2.45, 2.75) is 19.3 Å². The second kappa shape index (κ2) is 9.23. The van der Waals surface area contributed by atoms with Crippen LogP contribution in [0.25, 0.3) is 11.4 Å². The summed E-state index contributed by atoms with van der Waals surface area (Å²) in [5, 5.41) is 10.6. The number of amides is 1. The van der Waals surface area contributed by atoms with Crippen LogP contribution >= 0.6 is 11.6 Å². The predicted molar refractivity (Wildman–Crippen MR) is 105 cm³/mol. The summed E-state index contributed by atoms with van der Waals surface area (Å²) in [5.74, 6) is -0.537. The largest absolute Gasteiger partial charge is 0.356 e. The van der Waals surface area contributed by atoms with Crippen LogP contribution in [0.4, 0.5) is 4.39 Å². The fraction of sp³-hybridized carbons (Fsp3) is 0.200. The van der Waals surface area contributed by atoms with E-state index in [0.717, 1.165) is 12.0 Å². The van der Waals surface area contributed by atoms with Gasteiger partial charge in [-0.25, -0.2) is 4.39 Å². The van der Waals surface area contributed by atoms with Gasteiger partial charge in [0.1, 0.15) is 11.5 Å². The number of carbonyl (C=O) groups excluding carboxylic acids is 1. The normalized spacial score (nSPS) is 10.6. The van der Waals surface area contributed by atoms with E-state index in [4.69, 9.17) is 11.6 Å². The molecule has 144 valence electrons. The summed E-state index contributed by atoms with van der Waals surface area (Å²) < 4.78 is 13.2. The lowest BCUT2D eigenvalue weighted by Gasteiger charge is -2.06. The zero-order valence-electron chi connectivity index (χ0n) is 14.9. The minimum atomic E-state index is -0.560. The van der Waals surface area contributed by atoms with Crippen molar-refractivity contribution in [2.24, 2.45) is 0 Å². The highest BCUT2D eigenvalue weighted by Crippen LogP contribution is 2.21. The van der Waals surface area contributed by atoms with Crippen molar-refractivity contribution < 1.29 is 9.18 Å². The molecule has 0 spiro atoms. The molecule has 2 aromatic carbocycles. The smallest absolute Gasteiger partial charge is 0.273 e. The van der Waals surface area contributed by atoms with Gasteiger partial charge in [-0.05, 0) is 30.2 Å². The number of hydrogen-bond acceptors (Lipinski definition) is 4. The first kappa shape index (κ1) is 19.7. The van der Waals surface area contributed by atoms with Gasteiger partial charge in [-0.15, -0.1) is 10.2 Å². The van der Waals surface area contributed by atoms with Crippen LogP contribution in [0.3, 0.4) is 0 Å². The Bertz CT molecular complexity index is 1020. The Morgan fingerprint density at radius 1 is 1.11 bits per heavy atom. The van der Waals surface area contributed by atoms with Crippen LogP contribution in [0.2, 0.25) is 5.02 Å². The summed E-state index contributed by atoms with van der Waals surface area (Å²) >= 11 is 5.74. The van der Waals surface area contributed by atoms with Crippen molar-refractivity contribution in [3.05, 3.63) is 81.0 Å². The third kappa shape index (κ3) is 5.23. The van der Waals surface area contributed by atoms with E-state index < -0.39 is 11.4 Å². The zero-order chi connectivity index (χ0) is 19.9. The number of hydrogen-bond donors (Lipinski definition) is 2. The van der Waals surface area contributed by atoms with Crippen LogP contribution in [-0.2, 0) is 17.6 Å². The Labute approximate surface area is 165 Å². The first-order valence-corrected chi connectivity index (χ1v) is 9.12. The number of carbonyl (C=O) groups is 1. The number of nitrogens with zero attached hydrogens (tertiary/aromatic N) is 2. The predicted octanol–water partition coefficient (Wildman–Crippen LogP) is 2.92. The Hall–Kier alpha value is -3.06. The van der Waals surface area contributed by atoms with Gasteiger partial charge in [0.05, 0.1) is 5.02 Å². The Kier molecular flexibility index (Phi) is 6.49. The Balaban J connectivity index is 1.53. The molecule has 6 nitrogen and oxygen atoms in total. The summed E-state index contributed by atoms with van der Waals surface area (Å²) in [5.41, 5.74) is 1.31. The number of nitrogens with one attached hydrogen (secondary N) is 2. The summed E-state index contributed by atoms with van der Waals surface area (Å²) in [4.78, 5) is 26.7. The Morgan fingerprint density at radius 2 is 1.89 bits per heavy atom. The van der Waals surface area contributed by atoms with E-state index in [2.05, 4.69) is 20.5 Å². The van der Waals surface area contributed by atoms with E-state index in [9.17, 15) is 14.0 Å². The minimum absolute atomic E-state index is 0.0728. The van der Waals surface area contributed by atoms with Crippen molar-refractivity contribution in [2.75, 3.05) is 6.54 Å². The number of rotatable bonds is 7. The Morgan fingerprint density at radius 3 is 2.61 bits per heavy atom. The van der Waals surface area contributed by atoms with Crippen molar-refractivity contribution in [1.82, 2.24) is 20.5 Å². The quantitative estimate of drug-likeness (QED) is 0.638. The van der Waals surface area contributed by atoms with Gasteiger partial charge in [-0.2, -0.15) is 0 Å². The summed E-state index contributed by atoms with van der Waals surface area (Å²) in [6.07, 6.45) is 1.04. The van der Waals surface area contributed by atoms with E-state index in [1.807, 2.05) is 30.3 Å². The number of benzene rings is 2. The highest BCUT2D eigenvalue weighted by atomic mass is 35.5. The molecule has 8 heteroatoms. The molecule has 0 radical (unpaired) electrons. The van der Waals surface area contributed by atoms with Crippen molar-refractivity contribution in [1.29, 1.82) is 0 Å². The molecule has 0 bridgehead atoms. The molecule has 1 aromatic heterocycles. The third-order valence-electron chi connectivity index (χ3n) is 4.13. The average molecular weight is 401 g/mol. The third-order valence-corrected chi connectivity index (χ3v) is 4.41. The number of aromatic nitrogens is 3. The van der Waals surface area contributed by atoms with Gasteiger partial charge < -0.3 is 10.3 Å². The van der Waals surface area contributed by atoms with Crippen LogP contribution < -0.4 is 10.9 Å². The monoisotopic (exact) mass is 400 g/mol. The number of aromatic amines is 1. The van der Waals surface area contributed by atoms with Gasteiger partial charge in [0, 0.05) is 24.9 Å². The maximum Gasteiger partial charge on any atom is 0.273 e. The van der Waals surface area contributed by atoms with E-state index in [1.165, 1.54) is 18.2 Å². The molecule has 0 atom stereocenters. The molecule has 0 aliphatic carbocycles. The van der Waals surface area contributed by atoms with Gasteiger partial charge in [-0.1, -0.05) is 41.9 Å². The number of halogens is 2. The molecule has 3 aromatic rings. The van der Waals surface area contributed by atoms with E-state index in [-0.39, 0.29) is 35.3 Å². The first-order chi connectivity index (χ1) is 13.5. The fourth-order valence-corrected chi connectivity index (χ4v) is 2.79. The highest BCUT2D eigenvalue weighted by molar-refractivity contribution is 6.31. The van der Waals surface area contributed by atoms with Crippen LogP contribution in [-0.4, -0.2) is 27.6 Å². The number of aryl methyl sites for hydroxylation is 1. The molecule has 1 amide bonds. The fourth-order valence-electron chi connectivity index (χ4n) is 2.61. The van der Waals surface area contributed by atoms with E-state index in [0.29, 0.717) is 12.1 Å². The summed E-state index contributed by atoms with van der Waals surface area (Å²) in [6.45, 7) is 0.523. The SMILES string of the molecule is O=C(CCc1nnc(-c2ccc(F)c(Cl)c2)[nH]c1=O)NCCc1ccccc1. The van der Waals surface area contributed by atoms with Crippen molar-refractivity contribution in [3.8, 4) is 11.4 Å². The highest BCUT2D eigenvalue weighted by Gasteiger charge is 2.10. The lowest BCUT2D eigenvalue weighted by molar-refractivity contribution is -0.121. The summed E-state index contributed by atoms with van der Waals surface area (Å²) in [6, 6.07) is 13.8. The van der Waals surface area contributed by atoms with Gasteiger partial charge in [0.2, 0.25) is 5.91 Å². The molecule has 0 saturated carbocycles. The molecule has 0 aliphatic heterocycles. The number of H-pyrrole nitrogens is 1. The van der Waals surface area contributed by atoms with Crippen molar-refractivity contribution >= 4 is 17.5 Å². The lowest BCUT2D eigenvalue weighted by atomic mass is 10.1. The van der Waals surface area contributed by atoms with E-state index in [1.54, 1.807) is 0 Å². The zero-order valence-corrected chi connectivity index (χ0v) is 15.7. The molecule has 2 N–H and O–H groups in total. The molecule has 0 unspecified atom stereocenters. The lowest BCUT2D eigenvalue weighted by Crippen LogP contribution is -2.27. The van der Waals surface area contributed by atoms with Crippen molar-refractivity contribution in [3.63, 3.8) is 0 Å². The maximum atomic E-state index is 13.2. The molecular weight excluding hydrogens is 383 g/mol. The molecule has 0 saturated heterocycles. The van der Waals surface area contributed by atoms with Gasteiger partial charge in [-0.3, -0.25) is 9.59 Å². The second-order valence-electron chi connectivity index (χ2n) is 6.16. The molecule has 3 rings (SSSR count). The topological polar surface area (TPSA) is 87.7 Å². The van der Waals surface area contributed by atoms with Crippen LogP contribution in [0, 0.1) is 5.82 Å². The standard InChI is InChI=1S/C20H18ClFN4O2/c21-15-12-14(6-7-16(15)22)19-24-20(28)17(25-26-19)8-9-18(27)23-11-10-13-4-2-1-3-5-13/h1-7,12H,8-11H2,(H,23,27)(H,24,26,28). The molecule has 0 fully saturated rings. The van der Waals surface area contributed by atoms with E-state index >= 15 is 0 Å². The van der Waals surface area contributed by atoms with Crippen LogP contribution in [0.1, 0.15) is 17.7 Å². The molecule has 28 heavy (non-hydrogen) atoms. The first-order valence-electron chi connectivity index (χ1n) is 8.75. The van der Waals surface area contributed by atoms with Crippen LogP contribution in [0.5, 0.6) is 0 Å². The van der Waals surface area contributed by atoms with Gasteiger partial charge >= 0.3 is 0 Å². The maximum absolute atomic E-state index is 13.2. The average Bonchev–Trinajstić information content (AvgIpc) is 2.70.